The minimum Gasteiger partial charge on any atom is -0.377 e. The van der Waals surface area contributed by atoms with Crippen LogP contribution >= 0.6 is 0 Å². The van der Waals surface area contributed by atoms with Crippen LogP contribution in [0.4, 0.5) is 29.3 Å². The number of aromatic nitrogens is 3. The summed E-state index contributed by atoms with van der Waals surface area (Å²) in [5.74, 6) is -0.535. The molecule has 1 fully saturated rings. The van der Waals surface area contributed by atoms with Crippen LogP contribution in [-0.2, 0) is 17.8 Å². The summed E-state index contributed by atoms with van der Waals surface area (Å²) in [5, 5.41) is 0. The van der Waals surface area contributed by atoms with E-state index >= 15 is 0 Å². The highest BCUT2D eigenvalue weighted by Gasteiger charge is 2.47. The molecule has 7 nitrogen and oxygen atoms in total. The summed E-state index contributed by atoms with van der Waals surface area (Å²) in [6.45, 7) is 2.91. The van der Waals surface area contributed by atoms with Crippen LogP contribution in [0.25, 0.3) is 0 Å². The van der Waals surface area contributed by atoms with Crippen molar-refractivity contribution in [1.82, 2.24) is 14.5 Å². The first-order valence-corrected chi connectivity index (χ1v) is 9.64. The van der Waals surface area contributed by atoms with Crippen molar-refractivity contribution in [1.29, 1.82) is 0 Å². The smallest absolute Gasteiger partial charge is 0.377 e. The Bertz CT molecular complexity index is 980. The van der Waals surface area contributed by atoms with Crippen LogP contribution in [0.2, 0.25) is 0 Å². The Labute approximate surface area is 169 Å². The van der Waals surface area contributed by atoms with E-state index in [1.807, 2.05) is 11.8 Å². The lowest BCUT2D eigenvalue weighted by Crippen LogP contribution is -2.52. The average molecular weight is 427 g/mol. The zero-order valence-electron chi connectivity index (χ0n) is 16.3. The van der Waals surface area contributed by atoms with Crippen LogP contribution < -0.4 is 15.4 Å². The molecular formula is C19H21F4N5O2. The van der Waals surface area contributed by atoms with Gasteiger partial charge < -0.3 is 14.5 Å². The molecule has 0 bridgehead atoms. The topological polar surface area (TPSA) is 63.5 Å². The molecule has 1 saturated heterocycles. The van der Waals surface area contributed by atoms with Crippen molar-refractivity contribution in [3.8, 4) is 0 Å². The number of alkyl halides is 3. The van der Waals surface area contributed by atoms with Crippen molar-refractivity contribution in [3.63, 3.8) is 0 Å². The molecule has 2 aromatic heterocycles. The minimum absolute atomic E-state index is 0.0676. The van der Waals surface area contributed by atoms with E-state index in [0.717, 1.165) is 11.0 Å². The second-order valence-corrected chi connectivity index (χ2v) is 7.48. The highest BCUT2D eigenvalue weighted by molar-refractivity contribution is 5.48. The van der Waals surface area contributed by atoms with Crippen molar-refractivity contribution in [2.45, 2.75) is 44.7 Å². The Hall–Kier alpha value is -2.69. The maximum absolute atomic E-state index is 13.8. The van der Waals surface area contributed by atoms with Crippen LogP contribution in [0, 0.1) is 5.95 Å². The number of anilines is 2. The Kier molecular flexibility index (Phi) is 5.39. The van der Waals surface area contributed by atoms with Crippen LogP contribution in [-0.4, -0.2) is 52.6 Å². The highest BCUT2D eigenvalue weighted by atomic mass is 19.4. The van der Waals surface area contributed by atoms with Gasteiger partial charge in [0.15, 0.2) is 0 Å². The zero-order chi connectivity index (χ0) is 21.5. The van der Waals surface area contributed by atoms with Gasteiger partial charge in [0.2, 0.25) is 11.9 Å². The largest absolute Gasteiger partial charge is 0.408 e. The number of hydrogen-bond acceptors (Lipinski definition) is 6. The maximum Gasteiger partial charge on any atom is 0.408 e. The minimum atomic E-state index is -4.53. The first-order valence-electron chi connectivity index (χ1n) is 9.64. The molecule has 2 atom stereocenters. The number of pyridine rings is 1. The number of fused-ring (bicyclic) bond motifs is 1. The Balaban J connectivity index is 1.79. The lowest BCUT2D eigenvalue weighted by molar-refractivity contribution is -0.153. The quantitative estimate of drug-likeness (QED) is 0.554. The van der Waals surface area contributed by atoms with Gasteiger partial charge in [-0.1, -0.05) is 0 Å². The van der Waals surface area contributed by atoms with Gasteiger partial charge in [-0.2, -0.15) is 22.5 Å². The molecule has 0 radical (unpaired) electrons. The molecule has 0 N–H and O–H groups in total. The Morgan fingerprint density at radius 3 is 2.77 bits per heavy atom. The fourth-order valence-corrected chi connectivity index (χ4v) is 3.93. The molecule has 0 amide bonds. The van der Waals surface area contributed by atoms with E-state index in [9.17, 15) is 22.4 Å². The van der Waals surface area contributed by atoms with E-state index in [-0.39, 0.29) is 31.5 Å². The molecule has 4 heterocycles. The van der Waals surface area contributed by atoms with Gasteiger partial charge >= 0.3 is 6.18 Å². The fraction of sp³-hybridized carbons (Fsp3) is 0.526. The predicted octanol–water partition coefficient (Wildman–Crippen LogP) is 2.34. The lowest BCUT2D eigenvalue weighted by atomic mass is 10.1. The van der Waals surface area contributed by atoms with E-state index in [1.54, 1.807) is 0 Å². The van der Waals surface area contributed by atoms with Crippen molar-refractivity contribution < 1.29 is 22.3 Å². The van der Waals surface area contributed by atoms with Crippen molar-refractivity contribution in [3.05, 3.63) is 46.3 Å². The summed E-state index contributed by atoms with van der Waals surface area (Å²) in [6.07, 6.45) is -3.63. The second-order valence-electron chi connectivity index (χ2n) is 7.48. The van der Waals surface area contributed by atoms with Crippen molar-refractivity contribution in [2.75, 3.05) is 29.6 Å². The van der Waals surface area contributed by atoms with Crippen molar-refractivity contribution in [2.24, 2.45) is 0 Å². The number of halogens is 4. The molecule has 0 aromatic carbocycles. The van der Waals surface area contributed by atoms with Gasteiger partial charge in [-0.25, -0.2) is 4.98 Å². The molecule has 2 aliphatic rings. The lowest BCUT2D eigenvalue weighted by Gasteiger charge is -2.40. The first kappa shape index (κ1) is 20.6. The summed E-state index contributed by atoms with van der Waals surface area (Å²) in [7, 11) is 0. The first-order chi connectivity index (χ1) is 14.2. The summed E-state index contributed by atoms with van der Waals surface area (Å²) >= 11 is 0. The Morgan fingerprint density at radius 2 is 2.07 bits per heavy atom. The number of morpholine rings is 1. The van der Waals surface area contributed by atoms with E-state index in [2.05, 4.69) is 9.97 Å². The number of nitrogens with zero attached hydrogens (tertiary/aromatic N) is 5. The van der Waals surface area contributed by atoms with Crippen molar-refractivity contribution >= 4 is 11.8 Å². The third kappa shape index (κ3) is 3.98. The van der Waals surface area contributed by atoms with E-state index in [4.69, 9.17) is 4.74 Å². The third-order valence-electron chi connectivity index (χ3n) is 5.42. The van der Waals surface area contributed by atoms with Crippen LogP contribution in [0.3, 0.4) is 0 Å². The third-order valence-corrected chi connectivity index (χ3v) is 5.42. The number of hydrogen-bond donors (Lipinski definition) is 0. The van der Waals surface area contributed by atoms with Gasteiger partial charge in [-0.3, -0.25) is 9.36 Å². The molecule has 2 aromatic rings. The molecule has 2 aliphatic heterocycles. The molecule has 30 heavy (non-hydrogen) atoms. The molecule has 4 rings (SSSR count). The zero-order valence-corrected chi connectivity index (χ0v) is 16.3. The molecular weight excluding hydrogens is 406 g/mol. The van der Waals surface area contributed by atoms with Gasteiger partial charge in [0.1, 0.15) is 11.9 Å². The Morgan fingerprint density at radius 1 is 1.27 bits per heavy atom. The van der Waals surface area contributed by atoms with Gasteiger partial charge in [0.25, 0.3) is 5.56 Å². The van der Waals surface area contributed by atoms with E-state index in [1.165, 1.54) is 22.9 Å². The molecule has 0 aliphatic carbocycles. The van der Waals surface area contributed by atoms with Crippen LogP contribution in [0.5, 0.6) is 0 Å². The normalized spacial score (nSPS) is 22.2. The monoisotopic (exact) mass is 427 g/mol. The predicted molar refractivity (Wildman–Crippen MR) is 101 cm³/mol. The molecule has 0 saturated carbocycles. The summed E-state index contributed by atoms with van der Waals surface area (Å²) in [4.78, 5) is 23.5. The van der Waals surface area contributed by atoms with E-state index < -0.39 is 23.7 Å². The molecule has 162 valence electrons. The van der Waals surface area contributed by atoms with Crippen LogP contribution in [0.1, 0.15) is 18.9 Å². The number of rotatable bonds is 3. The summed E-state index contributed by atoms with van der Waals surface area (Å²) < 4.78 is 61.6. The summed E-state index contributed by atoms with van der Waals surface area (Å²) in [5.41, 5.74) is -0.107. The fourth-order valence-electron chi connectivity index (χ4n) is 3.93. The van der Waals surface area contributed by atoms with Gasteiger partial charge in [0, 0.05) is 31.9 Å². The maximum atomic E-state index is 13.8. The van der Waals surface area contributed by atoms with Gasteiger partial charge in [-0.05, 0) is 31.0 Å². The number of ether oxygens (including phenoxy) is 1. The SMILES string of the molecule is CC1COCCN1c1cc(=O)n2c(n1)N(Cc1ccnc(F)c1)C(C(F)(F)F)CC2. The second kappa shape index (κ2) is 7.86. The van der Waals surface area contributed by atoms with Crippen LogP contribution in [0.15, 0.2) is 29.2 Å². The molecule has 11 heteroatoms. The standard InChI is InChI=1S/C19H21F4N5O2/c1-12-11-30-7-6-26(12)16-9-17(29)27-5-3-14(19(21,22)23)28(18(27)25-16)10-13-2-4-24-15(20)8-13/h2,4,8-9,12,14H,3,5-7,10-11H2,1H3. The molecule has 2 unspecified atom stereocenters. The molecule has 0 spiro atoms. The highest BCUT2D eigenvalue weighted by Crippen LogP contribution is 2.35. The summed E-state index contributed by atoms with van der Waals surface area (Å²) in [6, 6.07) is 1.97. The van der Waals surface area contributed by atoms with Gasteiger partial charge in [0.05, 0.1) is 19.3 Å². The van der Waals surface area contributed by atoms with Gasteiger partial charge in [-0.15, -0.1) is 0 Å². The average Bonchev–Trinajstić information content (AvgIpc) is 2.68. The van der Waals surface area contributed by atoms with E-state index in [0.29, 0.717) is 31.1 Å².